The van der Waals surface area contributed by atoms with Gasteiger partial charge in [-0.15, -0.1) is 0 Å². The number of amides is 3. The monoisotopic (exact) mass is 429 g/mol. The second-order valence-electron chi connectivity index (χ2n) is 9.04. The van der Waals surface area contributed by atoms with Gasteiger partial charge in [0.25, 0.3) is 11.8 Å². The number of nitrogens with one attached hydrogen (secondary N) is 2. The third-order valence-corrected chi connectivity index (χ3v) is 6.62. The first-order valence-corrected chi connectivity index (χ1v) is 11.1. The largest absolute Gasteiger partial charge is 0.493 e. The lowest BCUT2D eigenvalue weighted by Crippen LogP contribution is -2.63. The fraction of sp³-hybridized carbons (Fsp3) is 0.636. The molecule has 9 heteroatoms. The van der Waals surface area contributed by atoms with E-state index in [4.69, 9.17) is 4.74 Å². The lowest BCUT2D eigenvalue weighted by Gasteiger charge is -2.41. The highest BCUT2D eigenvalue weighted by Crippen LogP contribution is 2.27. The van der Waals surface area contributed by atoms with Crippen LogP contribution in [0.5, 0.6) is 0 Å². The van der Waals surface area contributed by atoms with Gasteiger partial charge in [0.05, 0.1) is 19.2 Å². The van der Waals surface area contributed by atoms with Gasteiger partial charge in [0.2, 0.25) is 5.91 Å². The first-order chi connectivity index (χ1) is 14.8. The standard InChI is InChI=1S/C22H31N5O4/c1-14-9-10-16(31-14)12-23-19(28)17-11-18-20(29)26(3)22(2,13-27(18)25-17)21(30)24-15-7-5-4-6-8-15/h10-11,14-15H,4-9,12-13H2,1-3H3,(H,23,28)(H,24,30). The van der Waals surface area contributed by atoms with Gasteiger partial charge in [-0.3, -0.25) is 19.1 Å². The van der Waals surface area contributed by atoms with Gasteiger partial charge in [-0.1, -0.05) is 19.3 Å². The van der Waals surface area contributed by atoms with Gasteiger partial charge < -0.3 is 20.3 Å². The molecule has 3 amide bonds. The van der Waals surface area contributed by atoms with Crippen molar-refractivity contribution in [2.24, 2.45) is 0 Å². The normalized spacial score (nSPS) is 26.2. The second-order valence-corrected chi connectivity index (χ2v) is 9.04. The van der Waals surface area contributed by atoms with Crippen LogP contribution in [0.3, 0.4) is 0 Å². The third kappa shape index (κ3) is 4.18. The first-order valence-electron chi connectivity index (χ1n) is 11.1. The molecule has 3 heterocycles. The molecule has 31 heavy (non-hydrogen) atoms. The molecule has 1 saturated carbocycles. The molecular formula is C22H31N5O4. The van der Waals surface area contributed by atoms with Crippen LogP contribution in [0.25, 0.3) is 0 Å². The topological polar surface area (TPSA) is 106 Å². The molecule has 1 fully saturated rings. The summed E-state index contributed by atoms with van der Waals surface area (Å²) in [6.07, 6.45) is 8.26. The molecule has 2 N–H and O–H groups in total. The van der Waals surface area contributed by atoms with E-state index in [1.807, 2.05) is 13.0 Å². The molecule has 1 aliphatic carbocycles. The Bertz CT molecular complexity index is 917. The van der Waals surface area contributed by atoms with Crippen LogP contribution in [0.1, 0.15) is 73.3 Å². The summed E-state index contributed by atoms with van der Waals surface area (Å²) in [5, 5.41) is 10.2. The summed E-state index contributed by atoms with van der Waals surface area (Å²) in [5.74, 6) is -0.154. The average molecular weight is 430 g/mol. The number of likely N-dealkylation sites (N-methyl/N-ethyl adjacent to an activating group) is 1. The van der Waals surface area contributed by atoms with Crippen LogP contribution < -0.4 is 10.6 Å². The highest BCUT2D eigenvalue weighted by atomic mass is 16.5. The van der Waals surface area contributed by atoms with Crippen LogP contribution in [0, 0.1) is 0 Å². The van der Waals surface area contributed by atoms with Crippen molar-refractivity contribution in [2.45, 2.75) is 76.6 Å². The number of nitrogens with zero attached hydrogens (tertiary/aromatic N) is 3. The fourth-order valence-electron chi connectivity index (χ4n) is 4.45. The molecule has 4 rings (SSSR count). The van der Waals surface area contributed by atoms with Crippen LogP contribution in [-0.4, -0.2) is 63.7 Å². The van der Waals surface area contributed by atoms with E-state index in [0.717, 1.165) is 37.9 Å². The number of hydrogen-bond acceptors (Lipinski definition) is 5. The minimum Gasteiger partial charge on any atom is -0.493 e. The second kappa shape index (κ2) is 8.36. The van der Waals surface area contributed by atoms with Crippen molar-refractivity contribution >= 4 is 17.7 Å². The van der Waals surface area contributed by atoms with Crippen LogP contribution in [-0.2, 0) is 16.1 Å². The zero-order valence-electron chi connectivity index (χ0n) is 18.4. The van der Waals surface area contributed by atoms with E-state index in [9.17, 15) is 14.4 Å². The zero-order valence-corrected chi connectivity index (χ0v) is 18.4. The number of ether oxygens (including phenoxy) is 1. The Kier molecular flexibility index (Phi) is 5.77. The Morgan fingerprint density at radius 3 is 2.71 bits per heavy atom. The maximum absolute atomic E-state index is 13.1. The molecule has 3 aliphatic rings. The number of carbonyl (C=O) groups is 3. The number of hydrogen-bond donors (Lipinski definition) is 2. The molecule has 0 spiro atoms. The van der Waals surface area contributed by atoms with Crippen molar-refractivity contribution < 1.29 is 19.1 Å². The van der Waals surface area contributed by atoms with E-state index in [1.165, 1.54) is 22.1 Å². The molecule has 2 aliphatic heterocycles. The van der Waals surface area contributed by atoms with Crippen LogP contribution in [0.15, 0.2) is 17.9 Å². The smallest absolute Gasteiger partial charge is 0.272 e. The fourth-order valence-corrected chi connectivity index (χ4v) is 4.45. The number of aromatic nitrogens is 2. The Labute approximate surface area is 182 Å². The number of carbonyl (C=O) groups excluding carboxylic acids is 3. The molecule has 2 unspecified atom stereocenters. The summed E-state index contributed by atoms with van der Waals surface area (Å²) in [5.41, 5.74) is -0.610. The summed E-state index contributed by atoms with van der Waals surface area (Å²) in [4.78, 5) is 40.2. The third-order valence-electron chi connectivity index (χ3n) is 6.62. The van der Waals surface area contributed by atoms with E-state index >= 15 is 0 Å². The zero-order chi connectivity index (χ0) is 22.2. The van der Waals surface area contributed by atoms with Crippen molar-refractivity contribution in [3.8, 4) is 0 Å². The molecular weight excluding hydrogens is 398 g/mol. The van der Waals surface area contributed by atoms with Gasteiger partial charge >= 0.3 is 0 Å². The lowest BCUT2D eigenvalue weighted by molar-refractivity contribution is -0.133. The van der Waals surface area contributed by atoms with Gasteiger partial charge in [-0.2, -0.15) is 5.10 Å². The number of rotatable bonds is 5. The Hall–Kier alpha value is -2.84. The summed E-state index contributed by atoms with van der Waals surface area (Å²) < 4.78 is 7.07. The average Bonchev–Trinajstić information content (AvgIpc) is 3.37. The van der Waals surface area contributed by atoms with E-state index in [0.29, 0.717) is 5.69 Å². The van der Waals surface area contributed by atoms with Gasteiger partial charge in [0.1, 0.15) is 17.0 Å². The van der Waals surface area contributed by atoms with E-state index in [1.54, 1.807) is 14.0 Å². The quantitative estimate of drug-likeness (QED) is 0.740. The molecule has 2 atom stereocenters. The van der Waals surface area contributed by atoms with Crippen LogP contribution >= 0.6 is 0 Å². The van der Waals surface area contributed by atoms with E-state index < -0.39 is 5.54 Å². The van der Waals surface area contributed by atoms with Gasteiger partial charge in [0, 0.05) is 25.6 Å². The van der Waals surface area contributed by atoms with Crippen molar-refractivity contribution in [3.63, 3.8) is 0 Å². The maximum atomic E-state index is 13.1. The van der Waals surface area contributed by atoms with Gasteiger partial charge in [0.15, 0.2) is 5.69 Å². The maximum Gasteiger partial charge on any atom is 0.272 e. The van der Waals surface area contributed by atoms with Crippen LogP contribution in [0.2, 0.25) is 0 Å². The Morgan fingerprint density at radius 1 is 1.29 bits per heavy atom. The Balaban J connectivity index is 1.46. The SMILES string of the molecule is CC1CC=C(CNC(=O)c2cc3n(n2)CC(C)(C(=O)NC2CCCCC2)N(C)C3=O)O1. The van der Waals surface area contributed by atoms with Crippen molar-refractivity contribution in [3.05, 3.63) is 29.3 Å². The first kappa shape index (κ1) is 21.4. The molecule has 0 saturated heterocycles. The summed E-state index contributed by atoms with van der Waals surface area (Å²) in [7, 11) is 1.63. The minimum atomic E-state index is -1.07. The summed E-state index contributed by atoms with van der Waals surface area (Å²) in [6, 6.07) is 1.64. The summed E-state index contributed by atoms with van der Waals surface area (Å²) >= 11 is 0. The predicted molar refractivity (Wildman–Crippen MR) is 113 cm³/mol. The minimum absolute atomic E-state index is 0.123. The van der Waals surface area contributed by atoms with Crippen LogP contribution in [0.4, 0.5) is 0 Å². The van der Waals surface area contributed by atoms with Crippen molar-refractivity contribution in [1.82, 2.24) is 25.3 Å². The van der Waals surface area contributed by atoms with Gasteiger partial charge in [-0.05, 0) is 32.8 Å². The van der Waals surface area contributed by atoms with E-state index in [2.05, 4.69) is 15.7 Å². The molecule has 9 nitrogen and oxygen atoms in total. The molecule has 168 valence electrons. The summed E-state index contributed by atoms with van der Waals surface area (Å²) in [6.45, 7) is 4.19. The van der Waals surface area contributed by atoms with Gasteiger partial charge in [-0.25, -0.2) is 0 Å². The Morgan fingerprint density at radius 2 is 2.03 bits per heavy atom. The van der Waals surface area contributed by atoms with Crippen molar-refractivity contribution in [2.75, 3.05) is 13.6 Å². The molecule has 0 bridgehead atoms. The highest BCUT2D eigenvalue weighted by Gasteiger charge is 2.46. The molecule has 0 radical (unpaired) electrons. The predicted octanol–water partition coefficient (Wildman–Crippen LogP) is 1.60. The molecule has 1 aromatic heterocycles. The van der Waals surface area contributed by atoms with E-state index in [-0.39, 0.29) is 48.7 Å². The lowest BCUT2D eigenvalue weighted by atomic mass is 9.92. The molecule has 1 aromatic rings. The van der Waals surface area contributed by atoms with Crippen molar-refractivity contribution in [1.29, 1.82) is 0 Å². The number of fused-ring (bicyclic) bond motifs is 1. The molecule has 0 aromatic carbocycles. The highest BCUT2D eigenvalue weighted by molar-refractivity contribution is 6.01.